The van der Waals surface area contributed by atoms with Crippen molar-refractivity contribution in [1.29, 1.82) is 0 Å². The number of rotatable bonds is 3. The van der Waals surface area contributed by atoms with Crippen molar-refractivity contribution in [2.75, 3.05) is 12.8 Å². The predicted molar refractivity (Wildman–Crippen MR) is 75.9 cm³/mol. The van der Waals surface area contributed by atoms with Crippen molar-refractivity contribution in [3.8, 4) is 0 Å². The minimum Gasteiger partial charge on any atom is -0.382 e. The third-order valence-electron chi connectivity index (χ3n) is 4.45. The molecule has 1 heterocycles. The van der Waals surface area contributed by atoms with Crippen LogP contribution >= 0.6 is 0 Å². The number of nitrogens with zero attached hydrogens (tertiary/aromatic N) is 2. The number of amides is 1. The number of carbonyl (C=O) groups excluding carboxylic acids is 1. The van der Waals surface area contributed by atoms with Gasteiger partial charge in [0.15, 0.2) is 5.82 Å². The average Bonchev–Trinajstić information content (AvgIpc) is 2.77. The van der Waals surface area contributed by atoms with Gasteiger partial charge >= 0.3 is 0 Å². The van der Waals surface area contributed by atoms with Gasteiger partial charge in [-0.1, -0.05) is 13.3 Å². The van der Waals surface area contributed by atoms with Crippen molar-refractivity contribution in [3.05, 3.63) is 11.3 Å². The first kappa shape index (κ1) is 13.9. The smallest absolute Gasteiger partial charge is 0.259 e. The van der Waals surface area contributed by atoms with Crippen molar-refractivity contribution < 1.29 is 4.79 Å². The fraction of sp³-hybridized carbons (Fsp3) is 0.714. The summed E-state index contributed by atoms with van der Waals surface area (Å²) in [6, 6.07) is 0.337. The second kappa shape index (κ2) is 5.63. The summed E-state index contributed by atoms with van der Waals surface area (Å²) in [6.45, 7) is 4.08. The van der Waals surface area contributed by atoms with E-state index in [0.29, 0.717) is 17.4 Å². The van der Waals surface area contributed by atoms with Crippen LogP contribution in [0.1, 0.15) is 55.1 Å². The molecule has 1 amide bonds. The molecule has 19 heavy (non-hydrogen) atoms. The zero-order valence-corrected chi connectivity index (χ0v) is 12.1. The summed E-state index contributed by atoms with van der Waals surface area (Å²) in [6.07, 6.45) is 5.88. The third-order valence-corrected chi connectivity index (χ3v) is 4.45. The molecule has 1 aromatic rings. The van der Waals surface area contributed by atoms with Gasteiger partial charge in [-0.15, -0.1) is 0 Å². The highest BCUT2D eigenvalue weighted by atomic mass is 16.2. The molecule has 0 unspecified atom stereocenters. The summed E-state index contributed by atoms with van der Waals surface area (Å²) in [5.41, 5.74) is 7.04. The Morgan fingerprint density at radius 3 is 2.53 bits per heavy atom. The molecule has 3 N–H and O–H groups in total. The Morgan fingerprint density at radius 2 is 2.05 bits per heavy atom. The van der Waals surface area contributed by atoms with Crippen LogP contribution in [0.2, 0.25) is 0 Å². The number of H-pyrrole nitrogens is 1. The summed E-state index contributed by atoms with van der Waals surface area (Å²) in [7, 11) is 1.88. The molecule has 0 saturated heterocycles. The van der Waals surface area contributed by atoms with E-state index < -0.39 is 0 Å². The molecule has 2 rings (SSSR count). The topological polar surface area (TPSA) is 75.0 Å². The van der Waals surface area contributed by atoms with Gasteiger partial charge in [-0.05, 0) is 38.5 Å². The summed E-state index contributed by atoms with van der Waals surface area (Å²) in [5.74, 6) is 1.13. The lowest BCUT2D eigenvalue weighted by Gasteiger charge is -2.34. The highest BCUT2D eigenvalue weighted by Gasteiger charge is 2.28. The van der Waals surface area contributed by atoms with E-state index in [4.69, 9.17) is 5.73 Å². The summed E-state index contributed by atoms with van der Waals surface area (Å²) in [4.78, 5) is 14.3. The molecule has 0 radical (unpaired) electrons. The third kappa shape index (κ3) is 2.74. The van der Waals surface area contributed by atoms with E-state index in [0.717, 1.165) is 24.5 Å². The SMILES string of the molecule is CCC1CCC(N(C)C(=O)c2c(N)n[nH]c2C)CC1. The molecule has 0 aliphatic heterocycles. The number of anilines is 1. The van der Waals surface area contributed by atoms with Gasteiger partial charge < -0.3 is 10.6 Å². The molecule has 1 aromatic heterocycles. The molecule has 1 aliphatic carbocycles. The molecule has 5 nitrogen and oxygen atoms in total. The van der Waals surface area contributed by atoms with Gasteiger partial charge in [0.05, 0.1) is 0 Å². The average molecular weight is 264 g/mol. The quantitative estimate of drug-likeness (QED) is 0.880. The second-order valence-electron chi connectivity index (χ2n) is 5.61. The predicted octanol–water partition coefficient (Wildman–Crippen LogP) is 2.34. The Bertz CT molecular complexity index is 427. The largest absolute Gasteiger partial charge is 0.382 e. The van der Waals surface area contributed by atoms with Crippen molar-refractivity contribution in [1.82, 2.24) is 15.1 Å². The summed E-state index contributed by atoms with van der Waals surface area (Å²) >= 11 is 0. The Labute approximate surface area is 114 Å². The van der Waals surface area contributed by atoms with Crippen LogP contribution in [0.3, 0.4) is 0 Å². The minimum atomic E-state index is -0.0105. The molecule has 1 aliphatic rings. The van der Waals surface area contributed by atoms with E-state index in [1.54, 1.807) is 0 Å². The molecular formula is C14H24N4O. The zero-order chi connectivity index (χ0) is 14.0. The van der Waals surface area contributed by atoms with E-state index >= 15 is 0 Å². The van der Waals surface area contributed by atoms with Crippen molar-refractivity contribution in [3.63, 3.8) is 0 Å². The maximum Gasteiger partial charge on any atom is 0.259 e. The first-order chi connectivity index (χ1) is 9.04. The maximum absolute atomic E-state index is 12.5. The monoisotopic (exact) mass is 264 g/mol. The lowest BCUT2D eigenvalue weighted by molar-refractivity contribution is 0.0675. The van der Waals surface area contributed by atoms with Gasteiger partial charge in [-0.3, -0.25) is 9.89 Å². The van der Waals surface area contributed by atoms with Crippen LogP contribution in [0, 0.1) is 12.8 Å². The van der Waals surface area contributed by atoms with Gasteiger partial charge in [-0.2, -0.15) is 5.10 Å². The molecule has 0 spiro atoms. The molecule has 1 fully saturated rings. The number of aryl methyl sites for hydroxylation is 1. The van der Waals surface area contributed by atoms with Gasteiger partial charge in [0.2, 0.25) is 0 Å². The molecule has 1 saturated carbocycles. The number of aromatic nitrogens is 2. The lowest BCUT2D eigenvalue weighted by atomic mass is 9.84. The van der Waals surface area contributed by atoms with Crippen molar-refractivity contribution in [2.24, 2.45) is 5.92 Å². The highest BCUT2D eigenvalue weighted by molar-refractivity contribution is 5.99. The fourth-order valence-electron chi connectivity index (χ4n) is 3.00. The molecular weight excluding hydrogens is 240 g/mol. The minimum absolute atomic E-state index is 0.0105. The first-order valence-electron chi connectivity index (χ1n) is 7.12. The van der Waals surface area contributed by atoms with Crippen molar-refractivity contribution >= 4 is 11.7 Å². The maximum atomic E-state index is 12.5. The molecule has 0 aromatic carbocycles. The van der Waals surface area contributed by atoms with Crippen LogP contribution in [-0.2, 0) is 0 Å². The van der Waals surface area contributed by atoms with Crippen LogP contribution in [0.5, 0.6) is 0 Å². The first-order valence-corrected chi connectivity index (χ1v) is 7.12. The normalized spacial score (nSPS) is 23.3. The van der Waals surface area contributed by atoms with Gasteiger partial charge in [-0.25, -0.2) is 0 Å². The summed E-state index contributed by atoms with van der Waals surface area (Å²) < 4.78 is 0. The number of nitrogen functional groups attached to an aromatic ring is 1. The molecule has 0 atom stereocenters. The van der Waals surface area contributed by atoms with Crippen LogP contribution in [-0.4, -0.2) is 34.1 Å². The van der Waals surface area contributed by atoms with Crippen LogP contribution < -0.4 is 5.73 Å². The van der Waals surface area contributed by atoms with Crippen LogP contribution in [0.25, 0.3) is 0 Å². The molecule has 5 heteroatoms. The Hall–Kier alpha value is -1.52. The lowest BCUT2D eigenvalue weighted by Crippen LogP contribution is -2.39. The molecule has 106 valence electrons. The van der Waals surface area contributed by atoms with Crippen LogP contribution in [0.15, 0.2) is 0 Å². The number of aromatic amines is 1. The Morgan fingerprint density at radius 1 is 1.42 bits per heavy atom. The fourth-order valence-corrected chi connectivity index (χ4v) is 3.00. The number of nitrogens with two attached hydrogens (primary N) is 1. The summed E-state index contributed by atoms with van der Waals surface area (Å²) in [5, 5.41) is 6.66. The number of carbonyl (C=O) groups is 1. The van der Waals surface area contributed by atoms with E-state index in [1.165, 1.54) is 19.3 Å². The molecule has 0 bridgehead atoms. The van der Waals surface area contributed by atoms with Gasteiger partial charge in [0, 0.05) is 18.8 Å². The second-order valence-corrected chi connectivity index (χ2v) is 5.61. The standard InChI is InChI=1S/C14H24N4O/c1-4-10-5-7-11(8-6-10)18(3)14(19)12-9(2)16-17-13(12)15/h10-11H,4-8H2,1-3H3,(H3,15,16,17). The number of hydrogen-bond acceptors (Lipinski definition) is 3. The Kier molecular flexibility index (Phi) is 4.12. The van der Waals surface area contributed by atoms with Gasteiger partial charge in [0.25, 0.3) is 5.91 Å². The van der Waals surface area contributed by atoms with E-state index in [-0.39, 0.29) is 5.91 Å². The van der Waals surface area contributed by atoms with Gasteiger partial charge in [0.1, 0.15) is 5.56 Å². The zero-order valence-electron chi connectivity index (χ0n) is 12.1. The van der Waals surface area contributed by atoms with Crippen molar-refractivity contribution in [2.45, 2.75) is 52.0 Å². The number of nitrogens with one attached hydrogen (secondary N) is 1. The van der Waals surface area contributed by atoms with E-state index in [2.05, 4.69) is 17.1 Å². The van der Waals surface area contributed by atoms with E-state index in [1.807, 2.05) is 18.9 Å². The highest BCUT2D eigenvalue weighted by Crippen LogP contribution is 2.30. The number of hydrogen-bond donors (Lipinski definition) is 2. The van der Waals surface area contributed by atoms with E-state index in [9.17, 15) is 4.79 Å². The van der Waals surface area contributed by atoms with Crippen LogP contribution in [0.4, 0.5) is 5.82 Å². The Balaban J connectivity index is 2.04.